The van der Waals surface area contributed by atoms with Gasteiger partial charge in [0.15, 0.2) is 15.4 Å². The number of carbonyl (C=O) groups excluding carboxylic acids is 3. The molecule has 6 N–H and O–H groups in total. The van der Waals surface area contributed by atoms with E-state index < -0.39 is 17.9 Å². The normalized spacial score (nSPS) is 20.0. The lowest BCUT2D eigenvalue weighted by Gasteiger charge is -2.28. The summed E-state index contributed by atoms with van der Waals surface area (Å²) >= 11 is 4.45. The van der Waals surface area contributed by atoms with Crippen molar-refractivity contribution in [2.45, 2.75) is 154 Å². The molecule has 9 heterocycles. The summed E-state index contributed by atoms with van der Waals surface area (Å²) in [6, 6.07) is 12.2. The molecule has 3 fully saturated rings. The minimum absolute atomic E-state index is 0.136. The second-order valence-corrected chi connectivity index (χ2v) is 27.5. The Morgan fingerprint density at radius 1 is 0.409 bits per heavy atom. The minimum Gasteiger partial charge on any atom is -0.481 e. The standard InChI is InChI=1S/3C22H23N5O3S/c3*1-12(28)24-22-25-17-9-8-16-18(14-3-2-10-23-11-14)26-27(19(16)20(17)31-22)15-6-4-13(5-7-15)21(29)30/h3*2-3,10-11,13,15H,4-9H2,1H3,(H,29,30)(H,24,25,28). The first kappa shape index (κ1) is 62.6. The molecule has 24 nitrogen and oxygen atoms in total. The summed E-state index contributed by atoms with van der Waals surface area (Å²) in [6.07, 6.45) is 24.2. The van der Waals surface area contributed by atoms with E-state index in [1.807, 2.05) is 55.0 Å². The van der Waals surface area contributed by atoms with Crippen LogP contribution in [0.1, 0.15) is 150 Å². The average molecular weight is 1310 g/mol. The molecule has 0 bridgehead atoms. The van der Waals surface area contributed by atoms with E-state index in [4.69, 9.17) is 15.3 Å². The maximum absolute atomic E-state index is 11.5. The third kappa shape index (κ3) is 13.0. The zero-order valence-electron chi connectivity index (χ0n) is 51.5. The van der Waals surface area contributed by atoms with Crippen molar-refractivity contribution >= 4 is 85.0 Å². The van der Waals surface area contributed by atoms with Crippen molar-refractivity contribution < 1.29 is 44.1 Å². The molecule has 0 aliphatic heterocycles. The van der Waals surface area contributed by atoms with E-state index in [2.05, 4.69) is 59.9 Å². The summed E-state index contributed by atoms with van der Waals surface area (Å²) in [5.41, 5.74) is 15.4. The zero-order valence-corrected chi connectivity index (χ0v) is 54.0. The van der Waals surface area contributed by atoms with Gasteiger partial charge >= 0.3 is 17.9 Å². The largest absolute Gasteiger partial charge is 0.481 e. The molecule has 93 heavy (non-hydrogen) atoms. The Morgan fingerprint density at radius 3 is 0.903 bits per heavy atom. The fourth-order valence-corrected chi connectivity index (χ4v) is 17.4. The molecule has 0 aromatic carbocycles. The lowest BCUT2D eigenvalue weighted by Crippen LogP contribution is -2.24. The SMILES string of the molecule is CC(=O)Nc1nc2c(s1)-c1c(c(-c3cccnc3)nn1C1CCC(C(=O)O)CC1)CC2.CC(=O)Nc1nc2c(s1)-c1c(c(-c3cccnc3)nn1C1CCC(C(=O)O)CC1)CC2.CC(=O)Nc1nc2c(s1)-c1c(c(-c3cccnc3)nn1C1CCC(C(=O)O)CC1)CC2. The molecule has 0 atom stereocenters. The third-order valence-electron chi connectivity index (χ3n) is 18.4. The van der Waals surface area contributed by atoms with Gasteiger partial charge in [-0.25, -0.2) is 15.0 Å². The van der Waals surface area contributed by atoms with Crippen LogP contribution in [0.25, 0.3) is 65.5 Å². The number of aliphatic carboxylic acids is 3. The lowest BCUT2D eigenvalue weighted by atomic mass is 9.86. The van der Waals surface area contributed by atoms with E-state index in [-0.39, 0.29) is 53.6 Å². The molecule has 480 valence electrons. The molecule has 9 aromatic rings. The van der Waals surface area contributed by atoms with Crippen LogP contribution in [0.5, 0.6) is 0 Å². The number of nitrogens with zero attached hydrogens (tertiary/aromatic N) is 12. The number of rotatable bonds is 12. The van der Waals surface area contributed by atoms with Gasteiger partial charge in [-0.2, -0.15) is 15.3 Å². The summed E-state index contributed by atoms with van der Waals surface area (Å²) in [5, 5.41) is 53.5. The summed E-state index contributed by atoms with van der Waals surface area (Å²) < 4.78 is 6.30. The highest BCUT2D eigenvalue weighted by Gasteiger charge is 2.39. The fourth-order valence-electron chi connectivity index (χ4n) is 14.0. The number of anilines is 3. The van der Waals surface area contributed by atoms with Gasteiger partial charge in [0.05, 0.1) is 102 Å². The van der Waals surface area contributed by atoms with Crippen molar-refractivity contribution in [1.29, 1.82) is 0 Å². The van der Waals surface area contributed by atoms with Gasteiger partial charge in [0, 0.05) is 91.3 Å². The maximum atomic E-state index is 11.5. The van der Waals surface area contributed by atoms with Crippen molar-refractivity contribution in [1.82, 2.24) is 59.2 Å². The van der Waals surface area contributed by atoms with E-state index in [9.17, 15) is 44.1 Å². The molecular formula is C66H69N15O9S3. The zero-order chi connectivity index (χ0) is 64.6. The first-order valence-electron chi connectivity index (χ1n) is 31.6. The van der Waals surface area contributed by atoms with E-state index >= 15 is 0 Å². The molecule has 15 rings (SSSR count). The molecule has 0 unspecified atom stereocenters. The predicted octanol–water partition coefficient (Wildman–Crippen LogP) is 11.8. The number of aryl methyl sites for hydroxylation is 3. The first-order valence-corrected chi connectivity index (χ1v) is 34.0. The molecule has 6 aliphatic rings. The van der Waals surface area contributed by atoms with Crippen LogP contribution in [0.15, 0.2) is 73.6 Å². The third-order valence-corrected chi connectivity index (χ3v) is 21.5. The summed E-state index contributed by atoms with van der Waals surface area (Å²) in [5.74, 6) is -3.35. The monoisotopic (exact) mass is 1310 g/mol. The van der Waals surface area contributed by atoms with Gasteiger partial charge in [0.1, 0.15) is 0 Å². The first-order chi connectivity index (χ1) is 45.0. The molecule has 27 heteroatoms. The van der Waals surface area contributed by atoms with Crippen LogP contribution in [-0.2, 0) is 67.3 Å². The number of hydrogen-bond acceptors (Lipinski definition) is 18. The number of aromatic nitrogens is 12. The number of fused-ring (bicyclic) bond motifs is 9. The second kappa shape index (κ2) is 26.8. The topological polar surface area (TPSA) is 330 Å². The number of pyridine rings is 3. The quantitative estimate of drug-likeness (QED) is 0.0662. The second-order valence-electron chi connectivity index (χ2n) is 24.5. The van der Waals surface area contributed by atoms with Crippen molar-refractivity contribution in [3.8, 4) is 65.5 Å². The maximum Gasteiger partial charge on any atom is 0.306 e. The number of nitrogens with one attached hydrogen (secondary N) is 3. The molecule has 3 amide bonds. The Labute approximate surface area is 546 Å². The molecule has 3 saturated carbocycles. The molecule has 0 spiro atoms. The average Bonchev–Trinajstić information content (AvgIpc) is 1.62. The number of carboxylic acids is 3. The summed E-state index contributed by atoms with van der Waals surface area (Å²) in [7, 11) is 0. The van der Waals surface area contributed by atoms with Gasteiger partial charge in [0.25, 0.3) is 0 Å². The summed E-state index contributed by atoms with van der Waals surface area (Å²) in [4.78, 5) is 98.7. The summed E-state index contributed by atoms with van der Waals surface area (Å²) in [6.45, 7) is 4.45. The predicted molar refractivity (Wildman–Crippen MR) is 351 cm³/mol. The number of thiazole rings is 3. The Hall–Kier alpha value is -9.21. The van der Waals surface area contributed by atoms with E-state index in [0.29, 0.717) is 53.9 Å². The van der Waals surface area contributed by atoms with Crippen LogP contribution >= 0.6 is 34.0 Å². The van der Waals surface area contributed by atoms with Crippen molar-refractivity contribution in [2.75, 3.05) is 16.0 Å². The van der Waals surface area contributed by atoms with Crippen molar-refractivity contribution in [3.63, 3.8) is 0 Å². The molecule has 0 saturated heterocycles. The van der Waals surface area contributed by atoms with Gasteiger partial charge in [-0.15, -0.1) is 0 Å². The fraction of sp³-hybridized carbons (Fsp3) is 0.409. The number of carboxylic acid groups (broad SMARTS) is 3. The Bertz CT molecular complexity index is 3870. The number of amides is 3. The van der Waals surface area contributed by atoms with Crippen LogP contribution in [0.3, 0.4) is 0 Å². The van der Waals surface area contributed by atoms with Crippen LogP contribution in [0, 0.1) is 17.8 Å². The van der Waals surface area contributed by atoms with Crippen molar-refractivity contribution in [2.24, 2.45) is 17.8 Å². The van der Waals surface area contributed by atoms with E-state index in [1.54, 1.807) is 18.6 Å². The molecule has 6 aliphatic carbocycles. The molecule has 0 radical (unpaired) electrons. The highest BCUT2D eigenvalue weighted by Crippen LogP contribution is 2.50. The molecular weight excluding hydrogens is 1240 g/mol. The number of hydrogen-bond donors (Lipinski definition) is 6. The van der Waals surface area contributed by atoms with Gasteiger partial charge in [-0.3, -0.25) is 57.8 Å². The van der Waals surface area contributed by atoms with E-state index in [1.165, 1.54) is 71.5 Å². The van der Waals surface area contributed by atoms with Crippen LogP contribution in [-0.4, -0.2) is 110 Å². The minimum atomic E-state index is -0.707. The van der Waals surface area contributed by atoms with Crippen molar-refractivity contribution in [3.05, 3.63) is 107 Å². The van der Waals surface area contributed by atoms with Gasteiger partial charge < -0.3 is 31.3 Å². The highest BCUT2D eigenvalue weighted by molar-refractivity contribution is 7.20. The smallest absolute Gasteiger partial charge is 0.306 e. The Morgan fingerprint density at radius 2 is 0.677 bits per heavy atom. The van der Waals surface area contributed by atoms with Crippen LogP contribution < -0.4 is 16.0 Å². The van der Waals surface area contributed by atoms with Gasteiger partial charge in [-0.1, -0.05) is 34.0 Å². The lowest BCUT2D eigenvalue weighted by molar-refractivity contribution is -0.144. The molecule has 9 aromatic heterocycles. The number of carbonyl (C=O) groups is 6. The van der Waals surface area contributed by atoms with Crippen LogP contribution in [0.2, 0.25) is 0 Å². The van der Waals surface area contributed by atoms with Gasteiger partial charge in [-0.05, 0) is 152 Å². The highest BCUT2D eigenvalue weighted by atomic mass is 32.1. The van der Waals surface area contributed by atoms with Crippen LogP contribution in [0.4, 0.5) is 15.4 Å². The van der Waals surface area contributed by atoms with Gasteiger partial charge in [0.2, 0.25) is 17.7 Å². The van der Waals surface area contributed by atoms with E-state index in [0.717, 1.165) is 160 Å². The Kier molecular flexibility index (Phi) is 18.0. The Balaban J connectivity index is 0.000000127.